The fraction of sp³-hybridized carbons (Fsp3) is 0.625. The van der Waals surface area contributed by atoms with E-state index < -0.39 is 0 Å². The second-order valence-electron chi connectivity index (χ2n) is 5.52. The number of rotatable bonds is 4. The van der Waals surface area contributed by atoms with Crippen molar-refractivity contribution in [3.8, 4) is 0 Å². The molecule has 2 rings (SSSR count). The molecule has 3 heteroatoms. The number of hydrogen-bond acceptors (Lipinski definition) is 2. The summed E-state index contributed by atoms with van der Waals surface area (Å²) in [5.74, 6) is 0.888. The third-order valence-corrected chi connectivity index (χ3v) is 4.46. The maximum absolute atomic E-state index is 6.40. The highest BCUT2D eigenvalue weighted by molar-refractivity contribution is 6.33. The standard InChI is InChI=1S/C16H25ClN2/c1-2-5-13-6-4-10-19(11-9-13)16-14(12-18)7-3-8-15(16)17/h3,7-8,13H,2,4-6,9-12,18H2,1H3. The molecule has 1 aromatic carbocycles. The van der Waals surface area contributed by atoms with Gasteiger partial charge in [0.05, 0.1) is 10.7 Å². The van der Waals surface area contributed by atoms with Crippen molar-refractivity contribution in [3.05, 3.63) is 28.8 Å². The van der Waals surface area contributed by atoms with Crippen molar-refractivity contribution in [2.75, 3.05) is 18.0 Å². The fourth-order valence-corrected chi connectivity index (χ4v) is 3.48. The third-order valence-electron chi connectivity index (χ3n) is 4.15. The van der Waals surface area contributed by atoms with E-state index in [9.17, 15) is 0 Å². The van der Waals surface area contributed by atoms with Gasteiger partial charge in [-0.15, -0.1) is 0 Å². The van der Waals surface area contributed by atoms with Crippen LogP contribution in [0.1, 0.15) is 44.6 Å². The molecule has 0 bridgehead atoms. The Morgan fingerprint density at radius 2 is 2.16 bits per heavy atom. The maximum Gasteiger partial charge on any atom is 0.0642 e. The molecule has 0 aromatic heterocycles. The van der Waals surface area contributed by atoms with Crippen LogP contribution < -0.4 is 10.6 Å². The zero-order chi connectivity index (χ0) is 13.7. The lowest BCUT2D eigenvalue weighted by Crippen LogP contribution is -2.26. The molecule has 2 nitrogen and oxygen atoms in total. The molecule has 0 saturated carbocycles. The van der Waals surface area contributed by atoms with Crippen molar-refractivity contribution in [2.24, 2.45) is 11.7 Å². The Labute approximate surface area is 121 Å². The predicted molar refractivity (Wildman–Crippen MR) is 83.8 cm³/mol. The van der Waals surface area contributed by atoms with E-state index >= 15 is 0 Å². The molecule has 0 amide bonds. The average Bonchev–Trinajstić information content (AvgIpc) is 2.64. The molecule has 1 unspecified atom stereocenters. The van der Waals surface area contributed by atoms with Crippen LogP contribution in [0.3, 0.4) is 0 Å². The van der Waals surface area contributed by atoms with E-state index in [0.29, 0.717) is 6.54 Å². The Morgan fingerprint density at radius 1 is 1.32 bits per heavy atom. The first-order chi connectivity index (χ1) is 9.26. The molecule has 1 saturated heterocycles. The van der Waals surface area contributed by atoms with Gasteiger partial charge in [0.1, 0.15) is 0 Å². The summed E-state index contributed by atoms with van der Waals surface area (Å²) in [6.07, 6.45) is 6.56. The van der Waals surface area contributed by atoms with Crippen LogP contribution in [0.15, 0.2) is 18.2 Å². The van der Waals surface area contributed by atoms with Crippen LogP contribution in [0.2, 0.25) is 5.02 Å². The van der Waals surface area contributed by atoms with Gasteiger partial charge in [0.25, 0.3) is 0 Å². The normalized spacial score (nSPS) is 20.4. The van der Waals surface area contributed by atoms with Crippen molar-refractivity contribution >= 4 is 17.3 Å². The summed E-state index contributed by atoms with van der Waals surface area (Å²) in [5.41, 5.74) is 8.19. The summed E-state index contributed by atoms with van der Waals surface area (Å²) in [7, 11) is 0. The van der Waals surface area contributed by atoms with Gasteiger partial charge in [-0.2, -0.15) is 0 Å². The number of para-hydroxylation sites is 1. The number of benzene rings is 1. The lowest BCUT2D eigenvalue weighted by molar-refractivity contribution is 0.435. The lowest BCUT2D eigenvalue weighted by Gasteiger charge is -2.26. The van der Waals surface area contributed by atoms with E-state index in [-0.39, 0.29) is 0 Å². The summed E-state index contributed by atoms with van der Waals surface area (Å²) in [4.78, 5) is 2.44. The molecule has 106 valence electrons. The SMILES string of the molecule is CCCC1CCCN(c2c(Cl)cccc2CN)CC1. The smallest absolute Gasteiger partial charge is 0.0642 e. The minimum atomic E-state index is 0.560. The van der Waals surface area contributed by atoms with Crippen molar-refractivity contribution in [1.29, 1.82) is 0 Å². The van der Waals surface area contributed by atoms with Crippen LogP contribution in [0.25, 0.3) is 0 Å². The first kappa shape index (κ1) is 14.7. The first-order valence-corrected chi connectivity index (χ1v) is 7.86. The van der Waals surface area contributed by atoms with Crippen molar-refractivity contribution in [1.82, 2.24) is 0 Å². The molecule has 1 aliphatic rings. The molecule has 1 heterocycles. The minimum Gasteiger partial charge on any atom is -0.370 e. The zero-order valence-electron chi connectivity index (χ0n) is 11.9. The van der Waals surface area contributed by atoms with Gasteiger partial charge >= 0.3 is 0 Å². The number of hydrogen-bond donors (Lipinski definition) is 1. The Kier molecular flexibility index (Phi) is 5.53. The van der Waals surface area contributed by atoms with E-state index in [1.807, 2.05) is 12.1 Å². The second kappa shape index (κ2) is 7.16. The van der Waals surface area contributed by atoms with Crippen LogP contribution in [0.4, 0.5) is 5.69 Å². The quantitative estimate of drug-likeness (QED) is 0.895. The van der Waals surface area contributed by atoms with Gasteiger partial charge in [0.2, 0.25) is 0 Å². The summed E-state index contributed by atoms with van der Waals surface area (Å²) >= 11 is 6.40. The van der Waals surface area contributed by atoms with E-state index in [1.165, 1.54) is 43.4 Å². The van der Waals surface area contributed by atoms with E-state index in [0.717, 1.165) is 24.0 Å². The summed E-state index contributed by atoms with van der Waals surface area (Å²) in [6.45, 7) is 5.06. The van der Waals surface area contributed by atoms with Crippen LogP contribution in [0, 0.1) is 5.92 Å². The van der Waals surface area contributed by atoms with Crippen molar-refractivity contribution in [2.45, 2.75) is 45.6 Å². The summed E-state index contributed by atoms with van der Waals surface area (Å²) in [6, 6.07) is 6.06. The Balaban J connectivity index is 2.14. The molecular weight excluding hydrogens is 256 g/mol. The van der Waals surface area contributed by atoms with E-state index in [2.05, 4.69) is 17.9 Å². The highest BCUT2D eigenvalue weighted by atomic mass is 35.5. The summed E-state index contributed by atoms with van der Waals surface area (Å²) < 4.78 is 0. The topological polar surface area (TPSA) is 29.3 Å². The number of halogens is 1. The van der Waals surface area contributed by atoms with Crippen LogP contribution in [-0.2, 0) is 6.54 Å². The van der Waals surface area contributed by atoms with Crippen LogP contribution in [-0.4, -0.2) is 13.1 Å². The number of nitrogens with zero attached hydrogens (tertiary/aromatic N) is 1. The van der Waals surface area contributed by atoms with Crippen molar-refractivity contribution < 1.29 is 0 Å². The van der Waals surface area contributed by atoms with Crippen molar-refractivity contribution in [3.63, 3.8) is 0 Å². The Bertz CT molecular complexity index is 406. The van der Waals surface area contributed by atoms with E-state index in [1.54, 1.807) is 0 Å². The molecule has 19 heavy (non-hydrogen) atoms. The monoisotopic (exact) mass is 280 g/mol. The van der Waals surface area contributed by atoms with Crippen LogP contribution >= 0.6 is 11.6 Å². The third kappa shape index (κ3) is 3.64. The minimum absolute atomic E-state index is 0.560. The predicted octanol–water partition coefficient (Wildman–Crippen LogP) is 4.21. The largest absolute Gasteiger partial charge is 0.370 e. The molecular formula is C16H25ClN2. The first-order valence-electron chi connectivity index (χ1n) is 7.48. The maximum atomic E-state index is 6.40. The van der Waals surface area contributed by atoms with Gasteiger partial charge in [-0.3, -0.25) is 0 Å². The van der Waals surface area contributed by atoms with Gasteiger partial charge in [-0.25, -0.2) is 0 Å². The molecule has 0 radical (unpaired) electrons. The molecule has 1 aliphatic heterocycles. The van der Waals surface area contributed by atoms with Gasteiger partial charge < -0.3 is 10.6 Å². The van der Waals surface area contributed by atoms with Gasteiger partial charge in [0, 0.05) is 19.6 Å². The van der Waals surface area contributed by atoms with Gasteiger partial charge in [0.15, 0.2) is 0 Å². The molecule has 2 N–H and O–H groups in total. The molecule has 0 aliphatic carbocycles. The van der Waals surface area contributed by atoms with Gasteiger partial charge in [-0.05, 0) is 36.8 Å². The number of anilines is 1. The number of nitrogens with two attached hydrogens (primary N) is 1. The highest BCUT2D eigenvalue weighted by Crippen LogP contribution is 2.33. The molecule has 1 fully saturated rings. The van der Waals surface area contributed by atoms with E-state index in [4.69, 9.17) is 17.3 Å². The second-order valence-corrected chi connectivity index (χ2v) is 5.93. The highest BCUT2D eigenvalue weighted by Gasteiger charge is 2.19. The summed E-state index contributed by atoms with van der Waals surface area (Å²) in [5, 5.41) is 0.844. The Hall–Kier alpha value is -0.730. The van der Waals surface area contributed by atoms with Gasteiger partial charge in [-0.1, -0.05) is 43.5 Å². The average molecular weight is 281 g/mol. The Morgan fingerprint density at radius 3 is 2.89 bits per heavy atom. The molecule has 0 spiro atoms. The molecule has 1 aromatic rings. The lowest BCUT2D eigenvalue weighted by atomic mass is 9.96. The molecule has 1 atom stereocenters. The van der Waals surface area contributed by atoms with Crippen LogP contribution in [0.5, 0.6) is 0 Å². The fourth-order valence-electron chi connectivity index (χ4n) is 3.16. The zero-order valence-corrected chi connectivity index (χ0v) is 12.6.